The van der Waals surface area contributed by atoms with Gasteiger partial charge in [-0.3, -0.25) is 9.59 Å². The quantitative estimate of drug-likeness (QED) is 0.500. The largest absolute Gasteiger partial charge is 0.497 e. The number of hydrogen-bond donors (Lipinski definition) is 1. The SMILES string of the molecule is CCN(CC(=O)Nc1ccc2c(c1)N(C(=O)c1ccc(OC)cc1)CC2)S(=O)(=O)c1ccc(C)cc1. The average Bonchev–Trinajstić information content (AvgIpc) is 3.30. The molecule has 8 nitrogen and oxygen atoms in total. The fraction of sp³-hybridized carbons (Fsp3) is 0.259. The first-order valence-corrected chi connectivity index (χ1v) is 13.1. The monoisotopic (exact) mass is 507 g/mol. The zero-order valence-corrected chi connectivity index (χ0v) is 21.3. The first-order valence-electron chi connectivity index (χ1n) is 11.7. The highest BCUT2D eigenvalue weighted by molar-refractivity contribution is 7.89. The Morgan fingerprint density at radius 1 is 1.03 bits per heavy atom. The maximum atomic E-state index is 13.1. The van der Waals surface area contributed by atoms with Crippen molar-refractivity contribution >= 4 is 33.2 Å². The van der Waals surface area contributed by atoms with Gasteiger partial charge in [0.25, 0.3) is 5.91 Å². The van der Waals surface area contributed by atoms with Gasteiger partial charge in [0.15, 0.2) is 0 Å². The number of benzene rings is 3. The van der Waals surface area contributed by atoms with Crippen LogP contribution in [0.5, 0.6) is 5.75 Å². The fourth-order valence-corrected chi connectivity index (χ4v) is 5.55. The van der Waals surface area contributed by atoms with Crippen LogP contribution < -0.4 is 15.0 Å². The Kier molecular flexibility index (Phi) is 7.42. The maximum Gasteiger partial charge on any atom is 0.258 e. The van der Waals surface area contributed by atoms with Crippen molar-refractivity contribution in [1.82, 2.24) is 4.31 Å². The molecule has 1 aliphatic heterocycles. The molecule has 36 heavy (non-hydrogen) atoms. The van der Waals surface area contributed by atoms with Gasteiger partial charge in [-0.15, -0.1) is 0 Å². The molecule has 0 spiro atoms. The highest BCUT2D eigenvalue weighted by Gasteiger charge is 2.27. The van der Waals surface area contributed by atoms with Gasteiger partial charge in [0.2, 0.25) is 15.9 Å². The molecule has 0 atom stereocenters. The second kappa shape index (κ2) is 10.5. The topological polar surface area (TPSA) is 96.0 Å². The number of aryl methyl sites for hydroxylation is 1. The molecule has 3 aromatic carbocycles. The summed E-state index contributed by atoms with van der Waals surface area (Å²) in [4.78, 5) is 27.8. The molecule has 0 saturated carbocycles. The molecule has 2 amide bonds. The van der Waals surface area contributed by atoms with Gasteiger partial charge >= 0.3 is 0 Å². The first-order chi connectivity index (χ1) is 17.2. The number of ether oxygens (including phenoxy) is 1. The summed E-state index contributed by atoms with van der Waals surface area (Å²) in [5.41, 5.74) is 3.72. The van der Waals surface area contributed by atoms with Gasteiger partial charge in [0.1, 0.15) is 5.75 Å². The minimum Gasteiger partial charge on any atom is -0.497 e. The molecule has 1 heterocycles. The minimum absolute atomic E-state index is 0.138. The fourth-order valence-electron chi connectivity index (χ4n) is 4.14. The molecule has 3 aromatic rings. The van der Waals surface area contributed by atoms with Crippen LogP contribution in [0.4, 0.5) is 11.4 Å². The second-order valence-electron chi connectivity index (χ2n) is 8.57. The number of anilines is 2. The number of sulfonamides is 1. The highest BCUT2D eigenvalue weighted by Crippen LogP contribution is 2.32. The Labute approximate surface area is 211 Å². The Morgan fingerprint density at radius 2 is 1.72 bits per heavy atom. The van der Waals surface area contributed by atoms with Crippen LogP contribution in [0.3, 0.4) is 0 Å². The number of carbonyl (C=O) groups is 2. The van der Waals surface area contributed by atoms with Gasteiger partial charge in [-0.1, -0.05) is 30.7 Å². The molecule has 0 aliphatic carbocycles. The molecular weight excluding hydrogens is 478 g/mol. The summed E-state index contributed by atoms with van der Waals surface area (Å²) < 4.78 is 32.3. The van der Waals surface area contributed by atoms with Crippen molar-refractivity contribution in [2.45, 2.75) is 25.2 Å². The number of hydrogen-bond acceptors (Lipinski definition) is 5. The summed E-state index contributed by atoms with van der Waals surface area (Å²) in [7, 11) is -2.24. The Morgan fingerprint density at radius 3 is 2.36 bits per heavy atom. The lowest BCUT2D eigenvalue weighted by atomic mass is 10.1. The summed E-state index contributed by atoms with van der Waals surface area (Å²) in [6, 6.07) is 18.9. The Bertz CT molecular complexity index is 1370. The lowest BCUT2D eigenvalue weighted by Crippen LogP contribution is -2.37. The van der Waals surface area contributed by atoms with E-state index in [1.54, 1.807) is 79.6 Å². The summed E-state index contributed by atoms with van der Waals surface area (Å²) >= 11 is 0. The van der Waals surface area contributed by atoms with Crippen molar-refractivity contribution in [2.75, 3.05) is 37.0 Å². The Hall–Kier alpha value is -3.69. The van der Waals surface area contributed by atoms with Crippen LogP contribution in [0.2, 0.25) is 0 Å². The smallest absolute Gasteiger partial charge is 0.258 e. The number of carbonyl (C=O) groups excluding carboxylic acids is 2. The van der Waals surface area contributed by atoms with Crippen LogP contribution in [-0.2, 0) is 21.2 Å². The number of rotatable bonds is 8. The molecule has 9 heteroatoms. The van der Waals surface area contributed by atoms with E-state index >= 15 is 0 Å². The normalized spacial score (nSPS) is 12.9. The first kappa shape index (κ1) is 25.4. The van der Waals surface area contributed by atoms with Crippen molar-refractivity contribution in [1.29, 1.82) is 0 Å². The third kappa shape index (κ3) is 5.27. The van der Waals surface area contributed by atoms with E-state index in [1.807, 2.05) is 13.0 Å². The van der Waals surface area contributed by atoms with Gasteiger partial charge < -0.3 is 15.0 Å². The minimum atomic E-state index is -3.81. The molecule has 4 rings (SSSR count). The van der Waals surface area contributed by atoms with Crippen LogP contribution in [0.15, 0.2) is 71.6 Å². The van der Waals surface area contributed by atoms with E-state index in [1.165, 1.54) is 0 Å². The number of likely N-dealkylation sites (N-methyl/N-ethyl adjacent to an activating group) is 1. The van der Waals surface area contributed by atoms with E-state index in [2.05, 4.69) is 5.32 Å². The van der Waals surface area contributed by atoms with Gasteiger partial charge in [0.05, 0.1) is 18.6 Å². The third-order valence-electron chi connectivity index (χ3n) is 6.18. The van der Waals surface area contributed by atoms with Crippen molar-refractivity contribution in [2.24, 2.45) is 0 Å². The van der Waals surface area contributed by atoms with Gasteiger partial charge in [0, 0.05) is 30.0 Å². The van der Waals surface area contributed by atoms with E-state index in [0.717, 1.165) is 21.1 Å². The van der Waals surface area contributed by atoms with Crippen LogP contribution >= 0.6 is 0 Å². The molecule has 0 fully saturated rings. The van der Waals surface area contributed by atoms with Gasteiger partial charge in [-0.25, -0.2) is 8.42 Å². The predicted molar refractivity (Wildman–Crippen MR) is 139 cm³/mol. The molecular formula is C27H29N3O5S. The highest BCUT2D eigenvalue weighted by atomic mass is 32.2. The summed E-state index contributed by atoms with van der Waals surface area (Å²) in [6.45, 7) is 3.94. The van der Waals surface area contributed by atoms with Crippen molar-refractivity contribution < 1.29 is 22.7 Å². The maximum absolute atomic E-state index is 13.1. The standard InChI is InChI=1S/C27H29N3O5S/c1-4-29(36(33,34)24-13-5-19(2)6-14-24)18-26(31)28-22-10-7-20-15-16-30(25(20)17-22)27(32)21-8-11-23(35-3)12-9-21/h5-14,17H,4,15-16,18H2,1-3H3,(H,28,31). The van der Waals surface area contributed by atoms with Crippen LogP contribution in [0.1, 0.15) is 28.4 Å². The zero-order chi connectivity index (χ0) is 25.9. The van der Waals surface area contributed by atoms with Crippen molar-refractivity contribution in [3.8, 4) is 5.75 Å². The molecule has 0 unspecified atom stereocenters. The number of nitrogens with zero attached hydrogens (tertiary/aromatic N) is 2. The molecule has 188 valence electrons. The molecule has 0 bridgehead atoms. The number of fused-ring (bicyclic) bond motifs is 1. The van der Waals surface area contributed by atoms with Crippen LogP contribution in [-0.4, -0.2) is 51.3 Å². The average molecular weight is 508 g/mol. The number of methoxy groups -OCH3 is 1. The summed E-state index contributed by atoms with van der Waals surface area (Å²) in [5.74, 6) is 0.0728. The number of amides is 2. The summed E-state index contributed by atoms with van der Waals surface area (Å²) in [6.07, 6.45) is 0.712. The number of nitrogens with one attached hydrogen (secondary N) is 1. The van der Waals surface area contributed by atoms with Gasteiger partial charge in [-0.05, 0) is 67.4 Å². The zero-order valence-electron chi connectivity index (χ0n) is 20.5. The van der Waals surface area contributed by atoms with Crippen LogP contribution in [0.25, 0.3) is 0 Å². The van der Waals surface area contributed by atoms with E-state index in [4.69, 9.17) is 4.74 Å². The lowest BCUT2D eigenvalue weighted by molar-refractivity contribution is -0.116. The van der Waals surface area contributed by atoms with E-state index < -0.39 is 15.9 Å². The molecule has 1 aliphatic rings. The van der Waals surface area contributed by atoms with E-state index in [9.17, 15) is 18.0 Å². The Balaban J connectivity index is 1.48. The lowest BCUT2D eigenvalue weighted by Gasteiger charge is -2.21. The molecule has 0 aromatic heterocycles. The molecule has 0 saturated heterocycles. The van der Waals surface area contributed by atoms with E-state index in [0.29, 0.717) is 30.0 Å². The summed E-state index contributed by atoms with van der Waals surface area (Å²) in [5, 5.41) is 2.78. The van der Waals surface area contributed by atoms with Crippen molar-refractivity contribution in [3.63, 3.8) is 0 Å². The second-order valence-corrected chi connectivity index (χ2v) is 10.5. The predicted octanol–water partition coefficient (Wildman–Crippen LogP) is 3.86. The molecule has 1 N–H and O–H groups in total. The van der Waals surface area contributed by atoms with Gasteiger partial charge in [-0.2, -0.15) is 4.31 Å². The van der Waals surface area contributed by atoms with E-state index in [-0.39, 0.29) is 23.9 Å². The molecule has 0 radical (unpaired) electrons. The van der Waals surface area contributed by atoms with Crippen LogP contribution in [0, 0.1) is 6.92 Å². The third-order valence-corrected chi connectivity index (χ3v) is 8.11. The van der Waals surface area contributed by atoms with Crippen molar-refractivity contribution in [3.05, 3.63) is 83.4 Å².